The number of benzene rings is 12. The lowest BCUT2D eigenvalue weighted by molar-refractivity contribution is 0.893. The fourth-order valence-corrected chi connectivity index (χ4v) is 11.1. The van der Waals surface area contributed by atoms with Crippen molar-refractivity contribution in [1.29, 1.82) is 0 Å². The molecule has 2 heterocycles. The number of anilines is 3. The van der Waals surface area contributed by atoms with Crippen LogP contribution < -0.4 is 4.90 Å². The molecule has 0 aliphatic carbocycles. The van der Waals surface area contributed by atoms with Crippen LogP contribution in [0.2, 0.25) is 0 Å². The highest BCUT2D eigenvalue weighted by Crippen LogP contribution is 2.54. The van der Waals surface area contributed by atoms with Crippen molar-refractivity contribution in [1.82, 2.24) is 4.57 Å². The van der Waals surface area contributed by atoms with Crippen LogP contribution in [0.4, 0.5) is 17.1 Å². The normalized spacial score (nSPS) is 14.7. The molecule has 2 heteroatoms. The molecule has 12 aromatic carbocycles. The van der Waals surface area contributed by atoms with Gasteiger partial charge in [0.15, 0.2) is 0 Å². The van der Waals surface area contributed by atoms with Crippen LogP contribution in [0.5, 0.6) is 0 Å². The summed E-state index contributed by atoms with van der Waals surface area (Å²) in [5.41, 5.74) is 9.09. The zero-order valence-electron chi connectivity index (χ0n) is 43.1. The predicted molar refractivity (Wildman–Crippen MR) is 289 cm³/mol. The summed E-state index contributed by atoms with van der Waals surface area (Å²) in [6, 6.07) is 69.2. The molecule has 318 valence electrons. The van der Waals surface area contributed by atoms with E-state index in [1.54, 1.807) is 0 Å². The van der Waals surface area contributed by atoms with Gasteiger partial charge in [0.1, 0.15) is 0 Å². The molecule has 0 saturated carbocycles. The number of nitrogens with zero attached hydrogens (tertiary/aromatic N) is 2. The van der Waals surface area contributed by atoms with E-state index in [1.807, 2.05) is 127 Å². The topological polar surface area (TPSA) is 8.17 Å². The second-order valence-electron chi connectivity index (χ2n) is 17.9. The molecule has 1 aromatic heterocycles. The van der Waals surface area contributed by atoms with Crippen LogP contribution in [0.1, 0.15) is 32.2 Å². The Kier molecular flexibility index (Phi) is 7.33. The van der Waals surface area contributed by atoms with E-state index in [4.69, 9.17) is 0 Å². The third-order valence-electron chi connectivity index (χ3n) is 14.2. The Morgan fingerprint density at radius 1 is 0.353 bits per heavy atom. The molecule has 68 heavy (non-hydrogen) atoms. The van der Waals surface area contributed by atoms with Crippen molar-refractivity contribution >= 4 is 82.0 Å². The summed E-state index contributed by atoms with van der Waals surface area (Å²) in [6.45, 7) is 1.97. The largest absolute Gasteiger partial charge is 0.309 e. The quantitative estimate of drug-likeness (QED) is 0.156. The van der Waals surface area contributed by atoms with Crippen molar-refractivity contribution in [2.45, 2.75) is 12.8 Å². The Balaban J connectivity index is 1.10. The van der Waals surface area contributed by atoms with Crippen LogP contribution in [0.3, 0.4) is 0 Å². The van der Waals surface area contributed by atoms with Gasteiger partial charge in [-0.1, -0.05) is 189 Å². The summed E-state index contributed by atoms with van der Waals surface area (Å²) in [5.74, 6) is -0.717. The maximum atomic E-state index is 10.7. The summed E-state index contributed by atoms with van der Waals surface area (Å²) in [4.78, 5) is 1.86. The standard InChI is InChI=1S/C66H44N2/c1-42-57-38-44(45-33-36-63-59(39-45)54-28-16-17-31-60(54)67(63)48-21-6-3-7-22-48)32-35-61(57)68(64-41-46-20-8-9-23-49(46)50-24-10-13-27-53(50)64)62-37-34-47(40-58(42)62)66-56-30-15-12-26-52(56)51-25-11-14-29-55(51)65(66)43-18-4-2-5-19-43/h2-42H,1H3/i32D,34D,35D,37D,38D,40D. The monoisotopic (exact) mass is 870 g/mol. The van der Waals surface area contributed by atoms with Crippen LogP contribution in [-0.2, 0) is 0 Å². The van der Waals surface area contributed by atoms with E-state index in [1.165, 1.54) is 0 Å². The van der Waals surface area contributed by atoms with Gasteiger partial charge in [-0.2, -0.15) is 0 Å². The van der Waals surface area contributed by atoms with E-state index in [-0.39, 0.29) is 36.3 Å². The number of hydrogen-bond donors (Lipinski definition) is 0. The molecule has 14 rings (SSSR count). The van der Waals surface area contributed by atoms with Crippen molar-refractivity contribution < 1.29 is 8.22 Å². The fourth-order valence-electron chi connectivity index (χ4n) is 11.1. The second kappa shape index (κ2) is 15.2. The SMILES string of the molecule is [2H]c1c([2H])c2c(c([2H])c1-c1ccc3c(c1)c1ccccc1n3-c1ccccc1)C(C)c1c([2H])c(-c3c(-c4ccccc4)c4ccccc4c4ccccc34)c([2H])c([2H])c1N2c1cc2ccccc2c2ccccc12. The minimum atomic E-state index is -0.717. The first-order valence-corrected chi connectivity index (χ1v) is 23.3. The fraction of sp³-hybridized carbons (Fsp3) is 0.0303. The Labute approximate surface area is 403 Å². The summed E-state index contributed by atoms with van der Waals surface area (Å²) < 4.78 is 64.3. The Hall–Kier alpha value is -8.72. The highest BCUT2D eigenvalue weighted by atomic mass is 15.2. The van der Waals surface area contributed by atoms with Crippen LogP contribution in [-0.4, -0.2) is 4.57 Å². The minimum absolute atomic E-state index is 0.0870. The van der Waals surface area contributed by atoms with Crippen LogP contribution >= 0.6 is 0 Å². The Morgan fingerprint density at radius 3 is 1.54 bits per heavy atom. The van der Waals surface area contributed by atoms with Gasteiger partial charge >= 0.3 is 0 Å². The highest BCUT2D eigenvalue weighted by Gasteiger charge is 2.32. The summed E-state index contributed by atoms with van der Waals surface area (Å²) in [7, 11) is 0. The molecule has 1 aliphatic heterocycles. The Morgan fingerprint density at radius 2 is 0.853 bits per heavy atom. The van der Waals surface area contributed by atoms with Crippen LogP contribution in [0.25, 0.3) is 104 Å². The third kappa shape index (κ3) is 5.77. The lowest BCUT2D eigenvalue weighted by Crippen LogP contribution is -2.21. The second-order valence-corrected chi connectivity index (χ2v) is 17.9. The molecule has 0 radical (unpaired) electrons. The molecule has 0 saturated heterocycles. The highest BCUT2D eigenvalue weighted by molar-refractivity contribution is 6.22. The summed E-state index contributed by atoms with van der Waals surface area (Å²) in [6.07, 6.45) is 0. The lowest BCUT2D eigenvalue weighted by atomic mass is 9.80. The van der Waals surface area contributed by atoms with E-state index in [2.05, 4.69) is 95.6 Å². The molecule has 0 fully saturated rings. The average molecular weight is 871 g/mol. The van der Waals surface area contributed by atoms with Gasteiger partial charge in [-0.3, -0.25) is 0 Å². The smallest absolute Gasteiger partial charge is 0.0645 e. The van der Waals surface area contributed by atoms with E-state index in [9.17, 15) is 8.22 Å². The van der Waals surface area contributed by atoms with Gasteiger partial charge in [0.25, 0.3) is 0 Å². The van der Waals surface area contributed by atoms with Crippen LogP contribution in [0, 0.1) is 0 Å². The van der Waals surface area contributed by atoms with Gasteiger partial charge in [-0.05, 0) is 143 Å². The molecule has 1 unspecified atom stereocenters. The van der Waals surface area contributed by atoms with Crippen molar-refractivity contribution in [2.24, 2.45) is 0 Å². The third-order valence-corrected chi connectivity index (χ3v) is 14.2. The molecular weight excluding hydrogens is 821 g/mol. The molecule has 0 spiro atoms. The zero-order valence-corrected chi connectivity index (χ0v) is 37.1. The molecule has 13 aromatic rings. The van der Waals surface area contributed by atoms with Crippen LogP contribution in [0.15, 0.2) is 243 Å². The minimum Gasteiger partial charge on any atom is -0.309 e. The molecule has 1 aliphatic rings. The number of hydrogen-bond acceptors (Lipinski definition) is 1. The van der Waals surface area contributed by atoms with Gasteiger partial charge in [0.05, 0.1) is 36.3 Å². The van der Waals surface area contributed by atoms with Crippen molar-refractivity contribution in [2.75, 3.05) is 4.90 Å². The summed E-state index contributed by atoms with van der Waals surface area (Å²) >= 11 is 0. The van der Waals surface area contributed by atoms with Gasteiger partial charge in [0.2, 0.25) is 0 Å². The predicted octanol–water partition coefficient (Wildman–Crippen LogP) is 18.3. The maximum Gasteiger partial charge on any atom is 0.0645 e. The van der Waals surface area contributed by atoms with Gasteiger partial charge < -0.3 is 9.47 Å². The van der Waals surface area contributed by atoms with E-state index in [0.29, 0.717) is 50.4 Å². The number of rotatable bonds is 5. The molecule has 0 bridgehead atoms. The van der Waals surface area contributed by atoms with E-state index in [0.717, 1.165) is 81.7 Å². The van der Waals surface area contributed by atoms with Gasteiger partial charge in [-0.25, -0.2) is 0 Å². The Bertz CT molecular complexity index is 4530. The van der Waals surface area contributed by atoms with E-state index < -0.39 is 5.92 Å². The van der Waals surface area contributed by atoms with E-state index >= 15 is 0 Å². The van der Waals surface area contributed by atoms with Crippen molar-refractivity contribution in [3.8, 4) is 39.1 Å². The number of para-hydroxylation sites is 2. The molecule has 0 amide bonds. The first-order chi connectivity index (χ1) is 36.2. The summed E-state index contributed by atoms with van der Waals surface area (Å²) in [5, 5.41) is 9.63. The number of fused-ring (bicyclic) bond motifs is 11. The molecular formula is C66H44N2. The first kappa shape index (κ1) is 32.9. The lowest BCUT2D eigenvalue weighted by Gasteiger charge is -2.38. The van der Waals surface area contributed by atoms with Gasteiger partial charge in [-0.15, -0.1) is 0 Å². The average Bonchev–Trinajstić information content (AvgIpc) is 3.88. The molecule has 1 atom stereocenters. The van der Waals surface area contributed by atoms with Crippen molar-refractivity contribution in [3.63, 3.8) is 0 Å². The van der Waals surface area contributed by atoms with Crippen molar-refractivity contribution in [3.05, 3.63) is 254 Å². The zero-order chi connectivity index (χ0) is 50.1. The number of aromatic nitrogens is 1. The molecule has 2 nitrogen and oxygen atoms in total. The maximum absolute atomic E-state index is 10.7. The first-order valence-electron chi connectivity index (χ1n) is 26.3. The van der Waals surface area contributed by atoms with Gasteiger partial charge in [0, 0.05) is 27.8 Å². The molecule has 0 N–H and O–H groups in total.